The van der Waals surface area contributed by atoms with Gasteiger partial charge in [0.15, 0.2) is 0 Å². The molecule has 29 heavy (non-hydrogen) atoms. The number of morpholine rings is 1. The van der Waals surface area contributed by atoms with Gasteiger partial charge in [-0.05, 0) is 62.2 Å². The molecule has 0 aromatic heterocycles. The van der Waals surface area contributed by atoms with E-state index >= 15 is 0 Å². The molecule has 0 aliphatic carbocycles. The number of para-hydroxylation sites is 2. The molecule has 0 saturated carbocycles. The predicted molar refractivity (Wildman–Crippen MR) is 121 cm³/mol. The van der Waals surface area contributed by atoms with Crippen molar-refractivity contribution in [3.8, 4) is 0 Å². The Morgan fingerprint density at radius 2 is 1.21 bits per heavy atom. The number of hydrogen-bond acceptors (Lipinski definition) is 3. The molecular formula is C26H30N2O. The number of anilines is 3. The smallest absolute Gasteiger partial charge is 0.0594 e. The molecule has 0 spiro atoms. The molecule has 3 nitrogen and oxygen atoms in total. The maximum Gasteiger partial charge on any atom is 0.0594 e. The Kier molecular flexibility index (Phi) is 5.98. The van der Waals surface area contributed by atoms with Crippen molar-refractivity contribution in [3.63, 3.8) is 0 Å². The minimum absolute atomic E-state index is 0.129. The van der Waals surface area contributed by atoms with Gasteiger partial charge in [-0.2, -0.15) is 0 Å². The van der Waals surface area contributed by atoms with E-state index in [1.807, 2.05) is 0 Å². The molecule has 0 N–H and O–H groups in total. The Morgan fingerprint density at radius 1 is 0.724 bits per heavy atom. The van der Waals surface area contributed by atoms with Gasteiger partial charge >= 0.3 is 0 Å². The Bertz CT molecular complexity index is 846. The summed E-state index contributed by atoms with van der Waals surface area (Å²) in [5.74, 6) is 0. The van der Waals surface area contributed by atoms with Gasteiger partial charge in [0.2, 0.25) is 0 Å². The number of rotatable bonds is 6. The molecule has 3 aromatic carbocycles. The first-order valence-electron chi connectivity index (χ1n) is 10.5. The second kappa shape index (κ2) is 8.81. The maximum absolute atomic E-state index is 5.52. The SMILES string of the molecule is CC(C)(Cc1ccc(N(c2ccccc2)c2ccccc2)cc1)N1CCOCC1. The minimum atomic E-state index is 0.129. The van der Waals surface area contributed by atoms with Crippen molar-refractivity contribution < 1.29 is 4.74 Å². The maximum atomic E-state index is 5.52. The van der Waals surface area contributed by atoms with Gasteiger partial charge in [0.25, 0.3) is 0 Å². The standard InChI is InChI=1S/C26H30N2O/c1-26(2,27-17-19-29-20-18-27)21-22-13-15-25(16-14-22)28(23-9-5-3-6-10-23)24-11-7-4-8-12-24/h3-16H,17-21H2,1-2H3. The normalized spacial score (nSPS) is 15.2. The second-order valence-electron chi connectivity index (χ2n) is 8.26. The van der Waals surface area contributed by atoms with Gasteiger partial charge in [-0.3, -0.25) is 4.90 Å². The van der Waals surface area contributed by atoms with Crippen molar-refractivity contribution in [2.24, 2.45) is 0 Å². The molecule has 0 amide bonds. The van der Waals surface area contributed by atoms with E-state index < -0.39 is 0 Å². The molecule has 1 aliphatic heterocycles. The van der Waals surface area contributed by atoms with E-state index in [0.29, 0.717) is 0 Å². The van der Waals surface area contributed by atoms with Crippen LogP contribution in [0.25, 0.3) is 0 Å². The van der Waals surface area contributed by atoms with Crippen LogP contribution in [0.15, 0.2) is 84.9 Å². The van der Waals surface area contributed by atoms with E-state index in [4.69, 9.17) is 4.74 Å². The summed E-state index contributed by atoms with van der Waals surface area (Å²) in [6.45, 7) is 8.39. The number of nitrogens with zero attached hydrogens (tertiary/aromatic N) is 2. The summed E-state index contributed by atoms with van der Waals surface area (Å²) in [6, 6.07) is 30.1. The van der Waals surface area contributed by atoms with Gasteiger partial charge in [0.05, 0.1) is 13.2 Å². The first-order chi connectivity index (χ1) is 14.1. The van der Waals surface area contributed by atoms with Crippen molar-refractivity contribution in [2.75, 3.05) is 31.2 Å². The average molecular weight is 387 g/mol. The van der Waals surface area contributed by atoms with Gasteiger partial charge in [-0.15, -0.1) is 0 Å². The molecule has 0 atom stereocenters. The van der Waals surface area contributed by atoms with E-state index in [0.717, 1.165) is 32.7 Å². The highest BCUT2D eigenvalue weighted by Gasteiger charge is 2.28. The molecule has 0 bridgehead atoms. The van der Waals surface area contributed by atoms with Gasteiger partial charge in [0, 0.05) is 35.7 Å². The van der Waals surface area contributed by atoms with Crippen molar-refractivity contribution in [1.29, 1.82) is 0 Å². The van der Waals surface area contributed by atoms with E-state index in [-0.39, 0.29) is 5.54 Å². The molecule has 1 fully saturated rings. The molecule has 0 unspecified atom stereocenters. The number of ether oxygens (including phenoxy) is 1. The lowest BCUT2D eigenvalue weighted by Crippen LogP contribution is -2.51. The highest BCUT2D eigenvalue weighted by molar-refractivity contribution is 5.76. The fraction of sp³-hybridized carbons (Fsp3) is 0.308. The monoisotopic (exact) mass is 386 g/mol. The van der Waals surface area contributed by atoms with E-state index in [1.165, 1.54) is 22.6 Å². The molecule has 3 heteroatoms. The van der Waals surface area contributed by atoms with Gasteiger partial charge in [-0.1, -0.05) is 48.5 Å². The molecule has 4 rings (SSSR count). The van der Waals surface area contributed by atoms with Gasteiger partial charge < -0.3 is 9.64 Å². The highest BCUT2D eigenvalue weighted by Crippen LogP contribution is 2.34. The Balaban J connectivity index is 1.58. The van der Waals surface area contributed by atoms with Gasteiger partial charge in [0.1, 0.15) is 0 Å². The van der Waals surface area contributed by atoms with Crippen molar-refractivity contribution in [3.05, 3.63) is 90.5 Å². The average Bonchev–Trinajstić information content (AvgIpc) is 2.77. The molecular weight excluding hydrogens is 356 g/mol. The van der Waals surface area contributed by atoms with E-state index in [9.17, 15) is 0 Å². The Morgan fingerprint density at radius 3 is 1.72 bits per heavy atom. The first kappa shape index (κ1) is 19.7. The third kappa shape index (κ3) is 4.69. The lowest BCUT2D eigenvalue weighted by atomic mass is 9.92. The van der Waals surface area contributed by atoms with Crippen molar-refractivity contribution in [1.82, 2.24) is 4.90 Å². The molecule has 1 heterocycles. The van der Waals surface area contributed by atoms with Crippen LogP contribution in [0.4, 0.5) is 17.1 Å². The zero-order chi connectivity index (χ0) is 20.1. The third-order valence-corrected chi connectivity index (χ3v) is 5.73. The van der Waals surface area contributed by atoms with Crippen LogP contribution in [0.2, 0.25) is 0 Å². The number of hydrogen-bond donors (Lipinski definition) is 0. The predicted octanol–water partition coefficient (Wildman–Crippen LogP) is 5.81. The number of benzene rings is 3. The molecule has 1 saturated heterocycles. The highest BCUT2D eigenvalue weighted by atomic mass is 16.5. The van der Waals surface area contributed by atoms with Crippen LogP contribution in [0.1, 0.15) is 19.4 Å². The summed E-state index contributed by atoms with van der Waals surface area (Å²) in [6.07, 6.45) is 1.03. The largest absolute Gasteiger partial charge is 0.379 e. The second-order valence-corrected chi connectivity index (χ2v) is 8.26. The molecule has 150 valence electrons. The summed E-state index contributed by atoms with van der Waals surface area (Å²) in [4.78, 5) is 4.85. The zero-order valence-electron chi connectivity index (χ0n) is 17.4. The van der Waals surface area contributed by atoms with Crippen LogP contribution in [0.5, 0.6) is 0 Å². The molecule has 1 aliphatic rings. The summed E-state index contributed by atoms with van der Waals surface area (Å²) in [5.41, 5.74) is 5.01. The quantitative estimate of drug-likeness (QED) is 0.532. The summed E-state index contributed by atoms with van der Waals surface area (Å²) in [7, 11) is 0. The van der Waals surface area contributed by atoms with Crippen molar-refractivity contribution in [2.45, 2.75) is 25.8 Å². The topological polar surface area (TPSA) is 15.7 Å². The van der Waals surface area contributed by atoms with Crippen LogP contribution in [0, 0.1) is 0 Å². The van der Waals surface area contributed by atoms with Crippen LogP contribution < -0.4 is 4.90 Å². The lowest BCUT2D eigenvalue weighted by molar-refractivity contribution is -0.00984. The Hall–Kier alpha value is -2.62. The van der Waals surface area contributed by atoms with Gasteiger partial charge in [-0.25, -0.2) is 0 Å². The Labute approximate surface area is 174 Å². The third-order valence-electron chi connectivity index (χ3n) is 5.73. The zero-order valence-corrected chi connectivity index (χ0v) is 17.4. The summed E-state index contributed by atoms with van der Waals surface area (Å²) in [5, 5.41) is 0. The molecule has 0 radical (unpaired) electrons. The van der Waals surface area contributed by atoms with Crippen LogP contribution in [-0.2, 0) is 11.2 Å². The van der Waals surface area contributed by atoms with E-state index in [2.05, 4.69) is 109 Å². The fourth-order valence-electron chi connectivity index (χ4n) is 4.14. The lowest BCUT2D eigenvalue weighted by Gasteiger charge is -2.41. The van der Waals surface area contributed by atoms with Crippen LogP contribution in [-0.4, -0.2) is 36.7 Å². The first-order valence-corrected chi connectivity index (χ1v) is 10.5. The summed E-state index contributed by atoms with van der Waals surface area (Å²) < 4.78 is 5.52. The fourth-order valence-corrected chi connectivity index (χ4v) is 4.14. The van der Waals surface area contributed by atoms with Crippen LogP contribution >= 0.6 is 0 Å². The van der Waals surface area contributed by atoms with E-state index in [1.54, 1.807) is 0 Å². The van der Waals surface area contributed by atoms with Crippen molar-refractivity contribution >= 4 is 17.1 Å². The molecule has 3 aromatic rings. The van der Waals surface area contributed by atoms with Crippen LogP contribution in [0.3, 0.4) is 0 Å². The minimum Gasteiger partial charge on any atom is -0.379 e. The summed E-state index contributed by atoms with van der Waals surface area (Å²) >= 11 is 0.